The number of guanidine groups is 1. The first kappa shape index (κ1) is 11.0. The Morgan fingerprint density at radius 3 is 2.81 bits per heavy atom. The Kier molecular flexibility index (Phi) is 3.44. The second-order valence-electron chi connectivity index (χ2n) is 4.16. The number of benzene rings is 1. The molecule has 0 aromatic heterocycles. The normalized spacial score (nSPS) is 19.8. The average molecular weight is 217 g/mol. The molecule has 1 aliphatic heterocycles. The highest BCUT2D eigenvalue weighted by Gasteiger charge is 2.23. The van der Waals surface area contributed by atoms with Crippen molar-refractivity contribution in [2.45, 2.75) is 26.4 Å². The first-order valence-corrected chi connectivity index (χ1v) is 5.90. The van der Waals surface area contributed by atoms with Gasteiger partial charge >= 0.3 is 0 Å². The summed E-state index contributed by atoms with van der Waals surface area (Å²) in [6.45, 7) is 7.09. The summed E-state index contributed by atoms with van der Waals surface area (Å²) in [5, 5.41) is 3.32. The summed E-state index contributed by atoms with van der Waals surface area (Å²) < 4.78 is 0. The predicted molar refractivity (Wildman–Crippen MR) is 67.4 cm³/mol. The molecule has 2 rings (SSSR count). The highest BCUT2D eigenvalue weighted by Crippen LogP contribution is 2.13. The molecule has 0 aliphatic carbocycles. The van der Waals surface area contributed by atoms with Gasteiger partial charge in [0, 0.05) is 19.1 Å². The summed E-state index contributed by atoms with van der Waals surface area (Å²) in [5.41, 5.74) is 1.34. The SMILES string of the molecule is CCNC1=NC[C@H](C)N1Cc1ccccc1. The number of nitrogens with zero attached hydrogens (tertiary/aromatic N) is 2. The van der Waals surface area contributed by atoms with E-state index >= 15 is 0 Å². The maximum atomic E-state index is 4.52. The van der Waals surface area contributed by atoms with Crippen LogP contribution in [0.5, 0.6) is 0 Å². The van der Waals surface area contributed by atoms with Gasteiger partial charge in [0.2, 0.25) is 0 Å². The van der Waals surface area contributed by atoms with Gasteiger partial charge in [-0.25, -0.2) is 0 Å². The second kappa shape index (κ2) is 5.01. The standard InChI is InChI=1S/C13H19N3/c1-3-14-13-15-9-11(2)16(13)10-12-7-5-4-6-8-12/h4-8,11H,3,9-10H2,1-2H3,(H,14,15)/t11-/m0/s1. The molecular weight excluding hydrogens is 198 g/mol. The molecule has 3 heteroatoms. The fourth-order valence-corrected chi connectivity index (χ4v) is 1.94. The first-order chi connectivity index (χ1) is 7.81. The number of aliphatic imine (C=N–C) groups is 1. The van der Waals surface area contributed by atoms with Crippen LogP contribution in [0.25, 0.3) is 0 Å². The molecule has 0 bridgehead atoms. The Balaban J connectivity index is 2.05. The molecule has 0 saturated heterocycles. The molecule has 0 radical (unpaired) electrons. The highest BCUT2D eigenvalue weighted by atomic mass is 15.4. The second-order valence-corrected chi connectivity index (χ2v) is 4.16. The van der Waals surface area contributed by atoms with Crippen molar-refractivity contribution >= 4 is 5.96 Å². The molecule has 0 unspecified atom stereocenters. The third kappa shape index (κ3) is 2.35. The summed E-state index contributed by atoms with van der Waals surface area (Å²) in [4.78, 5) is 6.85. The van der Waals surface area contributed by atoms with Crippen LogP contribution in [0.3, 0.4) is 0 Å². The quantitative estimate of drug-likeness (QED) is 0.837. The van der Waals surface area contributed by atoms with Gasteiger partial charge in [0.05, 0.1) is 6.54 Å². The minimum atomic E-state index is 0.495. The maximum Gasteiger partial charge on any atom is 0.194 e. The minimum absolute atomic E-state index is 0.495. The van der Waals surface area contributed by atoms with Gasteiger partial charge in [0.25, 0.3) is 0 Å². The van der Waals surface area contributed by atoms with Gasteiger partial charge in [-0.15, -0.1) is 0 Å². The minimum Gasteiger partial charge on any atom is -0.356 e. The van der Waals surface area contributed by atoms with Crippen LogP contribution >= 0.6 is 0 Å². The Morgan fingerprint density at radius 2 is 2.12 bits per heavy atom. The van der Waals surface area contributed by atoms with Gasteiger partial charge in [-0.05, 0) is 19.4 Å². The van der Waals surface area contributed by atoms with Crippen LogP contribution in [0.15, 0.2) is 35.3 Å². The van der Waals surface area contributed by atoms with Crippen molar-refractivity contribution in [3.05, 3.63) is 35.9 Å². The summed E-state index contributed by atoms with van der Waals surface area (Å²) in [7, 11) is 0. The van der Waals surface area contributed by atoms with E-state index in [2.05, 4.69) is 59.4 Å². The molecule has 1 atom stereocenters. The molecule has 86 valence electrons. The molecule has 1 heterocycles. The van der Waals surface area contributed by atoms with Gasteiger partial charge < -0.3 is 10.2 Å². The third-order valence-corrected chi connectivity index (χ3v) is 2.84. The van der Waals surface area contributed by atoms with Gasteiger partial charge in [-0.1, -0.05) is 30.3 Å². The van der Waals surface area contributed by atoms with E-state index in [1.165, 1.54) is 5.56 Å². The molecule has 1 aromatic rings. The molecule has 0 fully saturated rings. The van der Waals surface area contributed by atoms with E-state index < -0.39 is 0 Å². The van der Waals surface area contributed by atoms with E-state index in [0.717, 1.165) is 25.6 Å². The van der Waals surface area contributed by atoms with Crippen molar-refractivity contribution in [1.29, 1.82) is 0 Å². The van der Waals surface area contributed by atoms with Gasteiger partial charge in [-0.3, -0.25) is 4.99 Å². The fourth-order valence-electron chi connectivity index (χ4n) is 1.94. The van der Waals surface area contributed by atoms with Crippen molar-refractivity contribution in [1.82, 2.24) is 10.2 Å². The van der Waals surface area contributed by atoms with Crippen molar-refractivity contribution in [3.8, 4) is 0 Å². The topological polar surface area (TPSA) is 27.6 Å². The van der Waals surface area contributed by atoms with E-state index in [-0.39, 0.29) is 0 Å². The zero-order valence-electron chi connectivity index (χ0n) is 9.98. The number of hydrogen-bond acceptors (Lipinski definition) is 3. The van der Waals surface area contributed by atoms with Crippen molar-refractivity contribution in [3.63, 3.8) is 0 Å². The van der Waals surface area contributed by atoms with Crippen LogP contribution in [0.2, 0.25) is 0 Å². The lowest BCUT2D eigenvalue weighted by atomic mass is 10.2. The van der Waals surface area contributed by atoms with E-state index in [1.54, 1.807) is 0 Å². The average Bonchev–Trinajstić information content (AvgIpc) is 2.64. The molecule has 0 saturated carbocycles. The van der Waals surface area contributed by atoms with Crippen LogP contribution in [-0.2, 0) is 6.54 Å². The largest absolute Gasteiger partial charge is 0.356 e. The molecule has 0 amide bonds. The molecule has 16 heavy (non-hydrogen) atoms. The lowest BCUT2D eigenvalue weighted by Crippen LogP contribution is -2.41. The van der Waals surface area contributed by atoms with Gasteiger partial charge in [0.15, 0.2) is 5.96 Å². The maximum absolute atomic E-state index is 4.52. The van der Waals surface area contributed by atoms with Crippen LogP contribution in [-0.4, -0.2) is 30.0 Å². The lowest BCUT2D eigenvalue weighted by Gasteiger charge is -2.25. The van der Waals surface area contributed by atoms with Gasteiger partial charge in [-0.2, -0.15) is 0 Å². The third-order valence-electron chi connectivity index (χ3n) is 2.84. The Labute approximate surface area is 97.2 Å². The fraction of sp³-hybridized carbons (Fsp3) is 0.462. The van der Waals surface area contributed by atoms with E-state index in [1.807, 2.05) is 0 Å². The molecule has 1 aromatic carbocycles. The van der Waals surface area contributed by atoms with E-state index in [4.69, 9.17) is 0 Å². The summed E-state index contributed by atoms with van der Waals surface area (Å²) in [5.74, 6) is 1.04. The van der Waals surface area contributed by atoms with Crippen molar-refractivity contribution in [2.75, 3.05) is 13.1 Å². The monoisotopic (exact) mass is 217 g/mol. The molecule has 0 spiro atoms. The zero-order chi connectivity index (χ0) is 11.4. The summed E-state index contributed by atoms with van der Waals surface area (Å²) in [6, 6.07) is 11.0. The van der Waals surface area contributed by atoms with E-state index in [0.29, 0.717) is 6.04 Å². The van der Waals surface area contributed by atoms with Crippen molar-refractivity contribution in [2.24, 2.45) is 4.99 Å². The smallest absolute Gasteiger partial charge is 0.194 e. The van der Waals surface area contributed by atoms with Gasteiger partial charge in [0.1, 0.15) is 0 Å². The van der Waals surface area contributed by atoms with Crippen LogP contribution < -0.4 is 5.32 Å². The zero-order valence-corrected chi connectivity index (χ0v) is 9.98. The van der Waals surface area contributed by atoms with Crippen LogP contribution in [0.1, 0.15) is 19.4 Å². The molecular formula is C13H19N3. The van der Waals surface area contributed by atoms with Crippen molar-refractivity contribution < 1.29 is 0 Å². The lowest BCUT2D eigenvalue weighted by molar-refractivity contribution is 0.347. The number of hydrogen-bond donors (Lipinski definition) is 1. The first-order valence-electron chi connectivity index (χ1n) is 5.90. The molecule has 1 aliphatic rings. The van der Waals surface area contributed by atoms with Crippen LogP contribution in [0.4, 0.5) is 0 Å². The van der Waals surface area contributed by atoms with E-state index in [9.17, 15) is 0 Å². The Hall–Kier alpha value is -1.51. The van der Waals surface area contributed by atoms with Crippen LogP contribution in [0, 0.1) is 0 Å². The number of nitrogens with one attached hydrogen (secondary N) is 1. The molecule has 3 nitrogen and oxygen atoms in total. The summed E-state index contributed by atoms with van der Waals surface area (Å²) >= 11 is 0. The highest BCUT2D eigenvalue weighted by molar-refractivity contribution is 5.81. The molecule has 1 N–H and O–H groups in total. The number of rotatable bonds is 3. The predicted octanol–water partition coefficient (Wildman–Crippen LogP) is 1.86. The summed E-state index contributed by atoms with van der Waals surface area (Å²) in [6.07, 6.45) is 0. The Bertz CT molecular complexity index is 359. The Morgan fingerprint density at radius 1 is 1.38 bits per heavy atom.